The summed E-state index contributed by atoms with van der Waals surface area (Å²) < 4.78 is 5.71. The summed E-state index contributed by atoms with van der Waals surface area (Å²) >= 11 is 0. The van der Waals surface area contributed by atoms with Crippen molar-refractivity contribution in [2.75, 3.05) is 33.3 Å². The van der Waals surface area contributed by atoms with Gasteiger partial charge in [0, 0.05) is 25.7 Å². The Morgan fingerprint density at radius 3 is 3.20 bits per heavy atom. The average Bonchev–Trinajstić information content (AvgIpc) is 2.31. The number of hydrogen-bond donors (Lipinski definition) is 1. The highest BCUT2D eigenvalue weighted by Crippen LogP contribution is 2.18. The van der Waals surface area contributed by atoms with Crippen LogP contribution in [0.25, 0.3) is 0 Å². The average molecular weight is 210 g/mol. The van der Waals surface area contributed by atoms with Crippen LogP contribution in [0, 0.1) is 0 Å². The van der Waals surface area contributed by atoms with Crippen molar-refractivity contribution in [3.63, 3.8) is 0 Å². The van der Waals surface area contributed by atoms with Crippen LogP contribution >= 0.6 is 0 Å². The minimum Gasteiger partial charge on any atom is -0.374 e. The Kier molecular flexibility index (Phi) is 4.18. The molecule has 1 saturated heterocycles. The quantitative estimate of drug-likeness (QED) is 0.704. The number of nitrogens with one attached hydrogen (secondary N) is 1. The number of morpholine rings is 1. The Hall–Kier alpha value is -0.380. The lowest BCUT2D eigenvalue weighted by molar-refractivity contribution is -0.0365. The maximum atomic E-state index is 5.71. The zero-order valence-corrected chi connectivity index (χ0v) is 9.61. The number of allylic oxidation sites excluding steroid dienone is 1. The summed E-state index contributed by atoms with van der Waals surface area (Å²) in [5, 5.41) is 3.19. The van der Waals surface area contributed by atoms with Crippen LogP contribution in [0.15, 0.2) is 12.2 Å². The summed E-state index contributed by atoms with van der Waals surface area (Å²) in [7, 11) is 1.99. The van der Waals surface area contributed by atoms with Crippen molar-refractivity contribution in [3.8, 4) is 0 Å². The van der Waals surface area contributed by atoms with Gasteiger partial charge in [0.2, 0.25) is 0 Å². The van der Waals surface area contributed by atoms with Crippen LogP contribution in [0.2, 0.25) is 0 Å². The third-order valence-electron chi connectivity index (χ3n) is 3.30. The number of likely N-dealkylation sites (N-methyl/N-ethyl adjacent to an activating group) is 1. The van der Waals surface area contributed by atoms with Crippen molar-refractivity contribution in [2.45, 2.75) is 31.4 Å². The molecule has 3 heteroatoms. The van der Waals surface area contributed by atoms with Crippen LogP contribution in [0.4, 0.5) is 0 Å². The van der Waals surface area contributed by atoms with Gasteiger partial charge in [0.1, 0.15) is 0 Å². The second kappa shape index (κ2) is 5.64. The van der Waals surface area contributed by atoms with Crippen molar-refractivity contribution in [3.05, 3.63) is 12.2 Å². The number of nitrogens with zero attached hydrogens (tertiary/aromatic N) is 1. The first-order valence-electron chi connectivity index (χ1n) is 6.07. The van der Waals surface area contributed by atoms with Crippen molar-refractivity contribution in [1.29, 1.82) is 0 Å². The SMILES string of the molecule is CNCC1CN(C2C=CCCC2)CCO1. The second-order valence-corrected chi connectivity index (χ2v) is 4.47. The smallest absolute Gasteiger partial charge is 0.0826 e. The first-order valence-corrected chi connectivity index (χ1v) is 6.07. The molecule has 2 atom stereocenters. The molecule has 0 spiro atoms. The fourth-order valence-corrected chi connectivity index (χ4v) is 2.49. The van der Waals surface area contributed by atoms with E-state index in [4.69, 9.17) is 4.74 Å². The van der Waals surface area contributed by atoms with Crippen molar-refractivity contribution in [2.24, 2.45) is 0 Å². The molecule has 2 unspecified atom stereocenters. The Morgan fingerprint density at radius 1 is 1.53 bits per heavy atom. The van der Waals surface area contributed by atoms with E-state index < -0.39 is 0 Å². The maximum Gasteiger partial charge on any atom is 0.0826 e. The van der Waals surface area contributed by atoms with Gasteiger partial charge in [-0.05, 0) is 26.3 Å². The van der Waals surface area contributed by atoms with Gasteiger partial charge in [-0.25, -0.2) is 0 Å². The summed E-state index contributed by atoms with van der Waals surface area (Å²) in [5.74, 6) is 0. The van der Waals surface area contributed by atoms with E-state index in [9.17, 15) is 0 Å². The number of ether oxygens (including phenoxy) is 1. The monoisotopic (exact) mass is 210 g/mol. The fourth-order valence-electron chi connectivity index (χ4n) is 2.49. The summed E-state index contributed by atoms with van der Waals surface area (Å²) in [5.41, 5.74) is 0. The Bertz CT molecular complexity index is 216. The van der Waals surface area contributed by atoms with Crippen molar-refractivity contribution >= 4 is 0 Å². The lowest BCUT2D eigenvalue weighted by Crippen LogP contribution is -2.50. The van der Waals surface area contributed by atoms with Gasteiger partial charge in [-0.3, -0.25) is 4.90 Å². The van der Waals surface area contributed by atoms with E-state index in [0.29, 0.717) is 12.1 Å². The largest absolute Gasteiger partial charge is 0.374 e. The highest BCUT2D eigenvalue weighted by molar-refractivity contribution is 4.99. The van der Waals surface area contributed by atoms with Crippen LogP contribution in [-0.4, -0.2) is 50.3 Å². The normalized spacial score (nSPS) is 33.1. The molecule has 15 heavy (non-hydrogen) atoms. The summed E-state index contributed by atoms with van der Waals surface area (Å²) in [6.45, 7) is 4.02. The molecule has 3 nitrogen and oxygen atoms in total. The summed E-state index contributed by atoms with van der Waals surface area (Å²) in [6.07, 6.45) is 9.01. The van der Waals surface area contributed by atoms with E-state index >= 15 is 0 Å². The molecule has 0 aromatic heterocycles. The van der Waals surface area contributed by atoms with Gasteiger partial charge in [-0.15, -0.1) is 0 Å². The Morgan fingerprint density at radius 2 is 2.47 bits per heavy atom. The molecule has 0 aromatic carbocycles. The van der Waals surface area contributed by atoms with Gasteiger partial charge in [-0.1, -0.05) is 12.2 Å². The van der Waals surface area contributed by atoms with E-state index in [2.05, 4.69) is 22.4 Å². The van der Waals surface area contributed by atoms with Crippen LogP contribution in [0.3, 0.4) is 0 Å². The molecular weight excluding hydrogens is 188 g/mol. The van der Waals surface area contributed by atoms with Gasteiger partial charge in [-0.2, -0.15) is 0 Å². The second-order valence-electron chi connectivity index (χ2n) is 4.47. The van der Waals surface area contributed by atoms with E-state index in [1.54, 1.807) is 0 Å². The molecule has 2 rings (SSSR count). The highest BCUT2D eigenvalue weighted by Gasteiger charge is 2.25. The predicted octanol–water partition coefficient (Wildman–Crippen LogP) is 1.02. The zero-order valence-electron chi connectivity index (χ0n) is 9.61. The molecule has 2 aliphatic rings. The Labute approximate surface area is 92.5 Å². The molecule has 1 aliphatic carbocycles. The van der Waals surface area contributed by atoms with Crippen molar-refractivity contribution in [1.82, 2.24) is 10.2 Å². The first-order chi connectivity index (χ1) is 7.40. The van der Waals surface area contributed by atoms with Gasteiger partial charge in [0.25, 0.3) is 0 Å². The molecule has 86 valence electrons. The Balaban J connectivity index is 1.85. The molecule has 0 bridgehead atoms. The minimum absolute atomic E-state index is 0.374. The van der Waals surface area contributed by atoms with E-state index in [0.717, 1.165) is 26.2 Å². The van der Waals surface area contributed by atoms with E-state index in [1.807, 2.05) is 7.05 Å². The zero-order chi connectivity index (χ0) is 10.5. The topological polar surface area (TPSA) is 24.5 Å². The molecule has 0 radical (unpaired) electrons. The standard InChI is InChI=1S/C12H22N2O/c1-13-9-12-10-14(7-8-15-12)11-5-3-2-4-6-11/h3,5,11-13H,2,4,6-10H2,1H3. The lowest BCUT2D eigenvalue weighted by Gasteiger charge is -2.38. The molecule has 1 fully saturated rings. The van der Waals surface area contributed by atoms with Gasteiger partial charge in [0.15, 0.2) is 0 Å². The van der Waals surface area contributed by atoms with Crippen molar-refractivity contribution < 1.29 is 4.74 Å². The molecule has 1 N–H and O–H groups in total. The highest BCUT2D eigenvalue weighted by atomic mass is 16.5. The van der Waals surface area contributed by atoms with Gasteiger partial charge < -0.3 is 10.1 Å². The predicted molar refractivity (Wildman–Crippen MR) is 62.0 cm³/mol. The van der Waals surface area contributed by atoms with Crippen LogP contribution < -0.4 is 5.32 Å². The third-order valence-corrected chi connectivity index (χ3v) is 3.30. The third kappa shape index (κ3) is 3.03. The number of hydrogen-bond acceptors (Lipinski definition) is 3. The maximum absolute atomic E-state index is 5.71. The number of rotatable bonds is 3. The molecule has 0 saturated carbocycles. The molecule has 0 amide bonds. The molecule has 1 aliphatic heterocycles. The van der Waals surface area contributed by atoms with E-state index in [1.165, 1.54) is 19.3 Å². The van der Waals surface area contributed by atoms with E-state index in [-0.39, 0.29) is 0 Å². The fraction of sp³-hybridized carbons (Fsp3) is 0.833. The van der Waals surface area contributed by atoms with Crippen LogP contribution in [0.5, 0.6) is 0 Å². The first kappa shape index (κ1) is 11.1. The van der Waals surface area contributed by atoms with Crippen LogP contribution in [-0.2, 0) is 4.74 Å². The summed E-state index contributed by atoms with van der Waals surface area (Å²) in [6, 6.07) is 0.669. The minimum atomic E-state index is 0.374. The summed E-state index contributed by atoms with van der Waals surface area (Å²) in [4.78, 5) is 2.57. The van der Waals surface area contributed by atoms with Gasteiger partial charge in [0.05, 0.1) is 12.7 Å². The van der Waals surface area contributed by atoms with Gasteiger partial charge >= 0.3 is 0 Å². The van der Waals surface area contributed by atoms with Crippen LogP contribution in [0.1, 0.15) is 19.3 Å². The molecular formula is C12H22N2O. The lowest BCUT2D eigenvalue weighted by atomic mass is 10.0. The molecule has 1 heterocycles. The molecule has 0 aromatic rings.